The number of imide groups is 1. The molecule has 0 saturated heterocycles. The Balaban J connectivity index is 1.99. The predicted octanol–water partition coefficient (Wildman–Crippen LogP) is 1.58. The highest BCUT2D eigenvalue weighted by atomic mass is 32.2. The van der Waals surface area contributed by atoms with Gasteiger partial charge in [-0.2, -0.15) is 0 Å². The van der Waals surface area contributed by atoms with E-state index in [0.717, 1.165) is 14.6 Å². The van der Waals surface area contributed by atoms with Crippen molar-refractivity contribution >= 4 is 45.3 Å². The lowest BCUT2D eigenvalue weighted by atomic mass is 10.3. The summed E-state index contributed by atoms with van der Waals surface area (Å²) >= 11 is 2.80. The van der Waals surface area contributed by atoms with Gasteiger partial charge < -0.3 is 5.73 Å². The van der Waals surface area contributed by atoms with Gasteiger partial charge in [0.1, 0.15) is 0 Å². The number of thiazole rings is 1. The van der Waals surface area contributed by atoms with Crippen LogP contribution in [0.5, 0.6) is 0 Å². The fraction of sp³-hybridized carbons (Fsp3) is 0.100. The Hall–Kier alpha value is -1.60. The van der Waals surface area contributed by atoms with Gasteiger partial charge in [0.25, 0.3) is 0 Å². The molecular formula is C10H9N3O2S2. The Morgan fingerprint density at radius 1 is 1.41 bits per heavy atom. The van der Waals surface area contributed by atoms with Crippen LogP contribution in [-0.2, 0) is 4.79 Å². The summed E-state index contributed by atoms with van der Waals surface area (Å²) in [5.74, 6) is -0.287. The van der Waals surface area contributed by atoms with E-state index in [4.69, 9.17) is 5.73 Å². The topological polar surface area (TPSA) is 85.1 Å². The molecule has 1 heterocycles. The summed E-state index contributed by atoms with van der Waals surface area (Å²) < 4.78 is 1.87. The van der Waals surface area contributed by atoms with E-state index in [-0.39, 0.29) is 5.75 Å². The van der Waals surface area contributed by atoms with Crippen molar-refractivity contribution in [2.24, 2.45) is 5.73 Å². The summed E-state index contributed by atoms with van der Waals surface area (Å²) in [6.07, 6.45) is 0. The van der Waals surface area contributed by atoms with Gasteiger partial charge in [-0.05, 0) is 12.1 Å². The number of amides is 3. The highest BCUT2D eigenvalue weighted by Crippen LogP contribution is 2.28. The number of nitrogens with one attached hydrogen (secondary N) is 1. The van der Waals surface area contributed by atoms with Gasteiger partial charge in [0.05, 0.1) is 16.0 Å². The fourth-order valence-corrected chi connectivity index (χ4v) is 3.08. The number of para-hydroxylation sites is 1. The van der Waals surface area contributed by atoms with Crippen LogP contribution in [0, 0.1) is 0 Å². The largest absolute Gasteiger partial charge is 0.351 e. The summed E-state index contributed by atoms with van der Waals surface area (Å²) in [5, 5.41) is 2.00. The molecule has 0 spiro atoms. The number of aromatic nitrogens is 1. The molecule has 0 bridgehead atoms. The molecule has 2 rings (SSSR count). The number of benzene rings is 1. The number of rotatable bonds is 3. The molecule has 0 fully saturated rings. The zero-order valence-corrected chi connectivity index (χ0v) is 10.3. The van der Waals surface area contributed by atoms with Crippen molar-refractivity contribution in [3.8, 4) is 0 Å². The van der Waals surface area contributed by atoms with Crippen LogP contribution in [0.25, 0.3) is 10.2 Å². The number of carbonyl (C=O) groups is 2. The number of urea groups is 1. The zero-order valence-electron chi connectivity index (χ0n) is 8.67. The van der Waals surface area contributed by atoms with E-state index in [1.54, 1.807) is 0 Å². The molecule has 0 unspecified atom stereocenters. The number of fused-ring (bicyclic) bond motifs is 1. The minimum atomic E-state index is -0.833. The first-order valence-corrected chi connectivity index (χ1v) is 6.53. The van der Waals surface area contributed by atoms with Gasteiger partial charge in [-0.1, -0.05) is 23.9 Å². The number of hydrogen-bond acceptors (Lipinski definition) is 5. The molecule has 17 heavy (non-hydrogen) atoms. The van der Waals surface area contributed by atoms with Crippen molar-refractivity contribution in [3.63, 3.8) is 0 Å². The fourth-order valence-electron chi connectivity index (χ4n) is 1.21. The lowest BCUT2D eigenvalue weighted by molar-refractivity contribution is -0.117. The normalized spacial score (nSPS) is 10.4. The third-order valence-corrected chi connectivity index (χ3v) is 4.04. The molecule has 7 heteroatoms. The first-order valence-electron chi connectivity index (χ1n) is 4.73. The molecule has 0 atom stereocenters. The first-order chi connectivity index (χ1) is 8.15. The molecule has 0 aliphatic carbocycles. The van der Waals surface area contributed by atoms with Crippen molar-refractivity contribution in [3.05, 3.63) is 24.3 Å². The highest BCUT2D eigenvalue weighted by Gasteiger charge is 2.08. The second-order valence-corrected chi connectivity index (χ2v) is 5.40. The predicted molar refractivity (Wildman–Crippen MR) is 68.1 cm³/mol. The Morgan fingerprint density at radius 3 is 2.88 bits per heavy atom. The molecule has 2 aromatic rings. The van der Waals surface area contributed by atoms with Crippen LogP contribution in [0.1, 0.15) is 0 Å². The summed E-state index contributed by atoms with van der Waals surface area (Å²) in [6.45, 7) is 0. The Morgan fingerprint density at radius 2 is 2.18 bits per heavy atom. The van der Waals surface area contributed by atoms with Gasteiger partial charge in [0.15, 0.2) is 4.34 Å². The van der Waals surface area contributed by atoms with Gasteiger partial charge in [-0.3, -0.25) is 10.1 Å². The van der Waals surface area contributed by atoms with Crippen LogP contribution in [-0.4, -0.2) is 22.7 Å². The van der Waals surface area contributed by atoms with Gasteiger partial charge in [0, 0.05) is 0 Å². The highest BCUT2D eigenvalue weighted by molar-refractivity contribution is 8.01. The van der Waals surface area contributed by atoms with Crippen molar-refractivity contribution in [1.82, 2.24) is 10.3 Å². The van der Waals surface area contributed by atoms with E-state index in [1.165, 1.54) is 23.1 Å². The molecule has 0 saturated carbocycles. The average Bonchev–Trinajstić information content (AvgIpc) is 2.68. The number of nitrogens with two attached hydrogens (primary N) is 1. The maximum absolute atomic E-state index is 11.2. The zero-order chi connectivity index (χ0) is 12.3. The Bertz CT molecular complexity index is 534. The number of hydrogen-bond donors (Lipinski definition) is 2. The summed E-state index contributed by atoms with van der Waals surface area (Å²) in [5.41, 5.74) is 5.74. The Labute approximate surface area is 105 Å². The van der Waals surface area contributed by atoms with Crippen LogP contribution in [0.4, 0.5) is 4.79 Å². The summed E-state index contributed by atoms with van der Waals surface area (Å²) in [4.78, 5) is 26.0. The molecule has 1 aromatic heterocycles. The monoisotopic (exact) mass is 267 g/mol. The van der Waals surface area contributed by atoms with Crippen LogP contribution in [0.15, 0.2) is 28.6 Å². The third kappa shape index (κ3) is 3.18. The second kappa shape index (κ2) is 5.15. The van der Waals surface area contributed by atoms with Crippen LogP contribution >= 0.6 is 23.1 Å². The summed E-state index contributed by atoms with van der Waals surface area (Å²) in [7, 11) is 0. The average molecular weight is 267 g/mol. The van der Waals surface area contributed by atoms with Crippen molar-refractivity contribution < 1.29 is 9.59 Å². The Kier molecular flexibility index (Phi) is 3.60. The molecule has 1 aromatic carbocycles. The lowest BCUT2D eigenvalue weighted by Gasteiger charge is -1.97. The van der Waals surface area contributed by atoms with Crippen LogP contribution in [0.2, 0.25) is 0 Å². The number of nitrogens with zero attached hydrogens (tertiary/aromatic N) is 1. The van der Waals surface area contributed by atoms with E-state index in [0.29, 0.717) is 0 Å². The van der Waals surface area contributed by atoms with E-state index < -0.39 is 11.9 Å². The maximum Gasteiger partial charge on any atom is 0.318 e. The smallest absolute Gasteiger partial charge is 0.318 e. The molecule has 0 aliphatic heterocycles. The first kappa shape index (κ1) is 11.9. The van der Waals surface area contributed by atoms with E-state index >= 15 is 0 Å². The molecule has 3 amide bonds. The minimum absolute atomic E-state index is 0.128. The van der Waals surface area contributed by atoms with Gasteiger partial charge >= 0.3 is 6.03 Å². The van der Waals surface area contributed by atoms with E-state index in [1.807, 2.05) is 29.6 Å². The van der Waals surface area contributed by atoms with Crippen molar-refractivity contribution in [2.75, 3.05) is 5.75 Å². The SMILES string of the molecule is NC(=O)NC(=O)CSc1nc2ccccc2s1. The van der Waals surface area contributed by atoms with Crippen molar-refractivity contribution in [2.45, 2.75) is 4.34 Å². The quantitative estimate of drug-likeness (QED) is 0.827. The van der Waals surface area contributed by atoms with Crippen LogP contribution < -0.4 is 11.1 Å². The maximum atomic E-state index is 11.2. The second-order valence-electron chi connectivity index (χ2n) is 3.15. The third-order valence-electron chi connectivity index (χ3n) is 1.86. The van der Waals surface area contributed by atoms with Gasteiger partial charge in [-0.15, -0.1) is 11.3 Å². The molecular weight excluding hydrogens is 258 g/mol. The van der Waals surface area contributed by atoms with E-state index in [9.17, 15) is 9.59 Å². The molecule has 5 nitrogen and oxygen atoms in total. The summed E-state index contributed by atoms with van der Waals surface area (Å²) in [6, 6.07) is 6.91. The van der Waals surface area contributed by atoms with E-state index in [2.05, 4.69) is 4.98 Å². The van der Waals surface area contributed by atoms with Gasteiger partial charge in [0.2, 0.25) is 5.91 Å². The number of carbonyl (C=O) groups excluding carboxylic acids is 2. The minimum Gasteiger partial charge on any atom is -0.351 e. The lowest BCUT2D eigenvalue weighted by Crippen LogP contribution is -2.36. The molecule has 0 aliphatic rings. The van der Waals surface area contributed by atoms with Gasteiger partial charge in [-0.25, -0.2) is 9.78 Å². The number of thioether (sulfide) groups is 1. The van der Waals surface area contributed by atoms with Crippen molar-refractivity contribution in [1.29, 1.82) is 0 Å². The standard InChI is InChI=1S/C10H9N3O2S2/c11-9(15)13-8(14)5-16-10-12-6-3-1-2-4-7(6)17-10/h1-4H,5H2,(H3,11,13,14,15). The van der Waals surface area contributed by atoms with Crippen LogP contribution in [0.3, 0.4) is 0 Å². The number of primary amides is 1. The molecule has 88 valence electrons. The molecule has 0 radical (unpaired) electrons. The molecule has 3 N–H and O–H groups in total.